The van der Waals surface area contributed by atoms with Crippen LogP contribution in [-0.4, -0.2) is 35.6 Å². The van der Waals surface area contributed by atoms with Crippen LogP contribution in [0, 0.1) is 5.92 Å². The highest BCUT2D eigenvalue weighted by Gasteiger charge is 2.20. The van der Waals surface area contributed by atoms with Gasteiger partial charge in [-0.25, -0.2) is 0 Å². The van der Waals surface area contributed by atoms with Gasteiger partial charge in [-0.05, 0) is 43.7 Å². The Hall–Kier alpha value is -0.870. The molecule has 0 spiro atoms. The summed E-state index contributed by atoms with van der Waals surface area (Å²) in [7, 11) is 1.97. The third kappa shape index (κ3) is 4.10. The van der Waals surface area contributed by atoms with E-state index >= 15 is 0 Å². The summed E-state index contributed by atoms with van der Waals surface area (Å²) in [6, 6.07) is 0.556. The van der Waals surface area contributed by atoms with Crippen molar-refractivity contribution in [1.29, 1.82) is 0 Å². The molecular formula is C14H25N3O. The van der Waals surface area contributed by atoms with Gasteiger partial charge in [-0.2, -0.15) is 5.10 Å². The van der Waals surface area contributed by atoms with Crippen LogP contribution < -0.4 is 5.32 Å². The van der Waals surface area contributed by atoms with E-state index in [1.165, 1.54) is 24.8 Å². The number of aromatic nitrogens is 2. The molecule has 2 atom stereocenters. The second kappa shape index (κ2) is 6.90. The monoisotopic (exact) mass is 251 g/mol. The van der Waals surface area contributed by atoms with E-state index < -0.39 is 0 Å². The van der Waals surface area contributed by atoms with Gasteiger partial charge in [0.25, 0.3) is 0 Å². The summed E-state index contributed by atoms with van der Waals surface area (Å²) in [6.45, 7) is 5.20. The predicted molar refractivity (Wildman–Crippen MR) is 72.5 cm³/mol. The first-order valence-corrected chi connectivity index (χ1v) is 7.06. The molecule has 4 nitrogen and oxygen atoms in total. The summed E-state index contributed by atoms with van der Waals surface area (Å²) in [5.74, 6) is 0.732. The highest BCUT2D eigenvalue weighted by Crippen LogP contribution is 2.20. The molecule has 18 heavy (non-hydrogen) atoms. The van der Waals surface area contributed by atoms with E-state index in [0.717, 1.165) is 32.1 Å². The lowest BCUT2D eigenvalue weighted by Gasteiger charge is -2.20. The minimum absolute atomic E-state index is 0.556. The minimum Gasteiger partial charge on any atom is -0.381 e. The van der Waals surface area contributed by atoms with Crippen LogP contribution >= 0.6 is 0 Å². The van der Waals surface area contributed by atoms with E-state index in [1.807, 2.05) is 17.9 Å². The van der Waals surface area contributed by atoms with E-state index in [9.17, 15) is 0 Å². The SMILES string of the molecule is CCCNC(Cc1cnn(C)c1)CC1CCOC1. The molecule has 1 aliphatic rings. The summed E-state index contributed by atoms with van der Waals surface area (Å²) in [4.78, 5) is 0. The zero-order valence-corrected chi connectivity index (χ0v) is 11.6. The molecule has 1 saturated heterocycles. The molecule has 2 heterocycles. The fourth-order valence-corrected chi connectivity index (χ4v) is 2.62. The predicted octanol–water partition coefficient (Wildman–Crippen LogP) is 1.76. The zero-order valence-electron chi connectivity index (χ0n) is 11.6. The Balaban J connectivity index is 1.86. The molecule has 4 heteroatoms. The molecular weight excluding hydrogens is 226 g/mol. The lowest BCUT2D eigenvalue weighted by atomic mass is 9.95. The van der Waals surface area contributed by atoms with Crippen molar-refractivity contribution in [1.82, 2.24) is 15.1 Å². The number of nitrogens with one attached hydrogen (secondary N) is 1. The van der Waals surface area contributed by atoms with E-state index in [0.29, 0.717) is 6.04 Å². The fourth-order valence-electron chi connectivity index (χ4n) is 2.62. The van der Waals surface area contributed by atoms with Crippen LogP contribution in [0.25, 0.3) is 0 Å². The average Bonchev–Trinajstić information content (AvgIpc) is 2.98. The van der Waals surface area contributed by atoms with Crippen molar-refractivity contribution in [3.05, 3.63) is 18.0 Å². The van der Waals surface area contributed by atoms with Crippen LogP contribution in [0.15, 0.2) is 12.4 Å². The van der Waals surface area contributed by atoms with Crippen LogP contribution in [0.4, 0.5) is 0 Å². The maximum absolute atomic E-state index is 5.47. The summed E-state index contributed by atoms with van der Waals surface area (Å²) in [5.41, 5.74) is 1.32. The van der Waals surface area contributed by atoms with Gasteiger partial charge in [-0.15, -0.1) is 0 Å². The van der Waals surface area contributed by atoms with Gasteiger partial charge < -0.3 is 10.1 Å². The van der Waals surface area contributed by atoms with Crippen molar-refractivity contribution in [3.8, 4) is 0 Å². The Bertz CT molecular complexity index is 345. The van der Waals surface area contributed by atoms with Crippen LogP contribution in [-0.2, 0) is 18.2 Å². The first-order chi connectivity index (χ1) is 8.78. The van der Waals surface area contributed by atoms with Crippen molar-refractivity contribution in [3.63, 3.8) is 0 Å². The summed E-state index contributed by atoms with van der Waals surface area (Å²) in [6.07, 6.45) is 8.79. The van der Waals surface area contributed by atoms with Crippen LogP contribution in [0.5, 0.6) is 0 Å². The summed E-state index contributed by atoms with van der Waals surface area (Å²) in [5, 5.41) is 7.91. The zero-order chi connectivity index (χ0) is 12.8. The highest BCUT2D eigenvalue weighted by molar-refractivity contribution is 5.06. The third-order valence-electron chi connectivity index (χ3n) is 3.57. The average molecular weight is 251 g/mol. The molecule has 0 aromatic carbocycles. The molecule has 1 aliphatic heterocycles. The topological polar surface area (TPSA) is 39.1 Å². The number of rotatable bonds is 7. The third-order valence-corrected chi connectivity index (χ3v) is 3.57. The Morgan fingerprint density at radius 3 is 3.11 bits per heavy atom. The molecule has 2 rings (SSSR count). The lowest BCUT2D eigenvalue weighted by Crippen LogP contribution is -2.33. The normalized spacial score (nSPS) is 21.3. The molecule has 0 bridgehead atoms. The number of aryl methyl sites for hydroxylation is 1. The van der Waals surface area contributed by atoms with Crippen molar-refractivity contribution in [2.75, 3.05) is 19.8 Å². The second-order valence-electron chi connectivity index (χ2n) is 5.34. The Morgan fingerprint density at radius 1 is 1.61 bits per heavy atom. The number of ether oxygens (including phenoxy) is 1. The maximum atomic E-state index is 5.47. The Labute approximate surface area is 110 Å². The molecule has 2 unspecified atom stereocenters. The van der Waals surface area contributed by atoms with Crippen molar-refractivity contribution in [2.45, 2.75) is 38.6 Å². The van der Waals surface area contributed by atoms with Crippen LogP contribution in [0.2, 0.25) is 0 Å². The van der Waals surface area contributed by atoms with Crippen molar-refractivity contribution in [2.24, 2.45) is 13.0 Å². The summed E-state index contributed by atoms with van der Waals surface area (Å²) < 4.78 is 7.35. The summed E-state index contributed by atoms with van der Waals surface area (Å²) >= 11 is 0. The maximum Gasteiger partial charge on any atom is 0.0522 e. The van der Waals surface area contributed by atoms with Gasteiger partial charge in [0.05, 0.1) is 6.20 Å². The number of hydrogen-bond acceptors (Lipinski definition) is 3. The van der Waals surface area contributed by atoms with E-state index in [-0.39, 0.29) is 0 Å². The first-order valence-electron chi connectivity index (χ1n) is 7.06. The molecule has 1 N–H and O–H groups in total. The molecule has 0 radical (unpaired) electrons. The minimum atomic E-state index is 0.556. The van der Waals surface area contributed by atoms with Crippen LogP contribution in [0.1, 0.15) is 31.7 Å². The largest absolute Gasteiger partial charge is 0.381 e. The van der Waals surface area contributed by atoms with Gasteiger partial charge in [0.1, 0.15) is 0 Å². The second-order valence-corrected chi connectivity index (χ2v) is 5.34. The molecule has 0 amide bonds. The van der Waals surface area contributed by atoms with E-state index in [1.54, 1.807) is 0 Å². The highest BCUT2D eigenvalue weighted by atomic mass is 16.5. The molecule has 0 aliphatic carbocycles. The van der Waals surface area contributed by atoms with Gasteiger partial charge >= 0.3 is 0 Å². The number of hydrogen-bond donors (Lipinski definition) is 1. The quantitative estimate of drug-likeness (QED) is 0.802. The van der Waals surface area contributed by atoms with E-state index in [4.69, 9.17) is 4.74 Å². The molecule has 102 valence electrons. The van der Waals surface area contributed by atoms with Crippen LogP contribution in [0.3, 0.4) is 0 Å². The Kier molecular flexibility index (Phi) is 5.20. The molecule has 1 fully saturated rings. The lowest BCUT2D eigenvalue weighted by molar-refractivity contribution is 0.181. The van der Waals surface area contributed by atoms with Gasteiger partial charge in [0.15, 0.2) is 0 Å². The standard InChI is InChI=1S/C14H25N3O/c1-3-5-15-14(7-12-4-6-18-11-12)8-13-9-16-17(2)10-13/h9-10,12,14-15H,3-8,11H2,1-2H3. The van der Waals surface area contributed by atoms with Gasteiger partial charge in [0, 0.05) is 32.5 Å². The number of nitrogens with zero attached hydrogens (tertiary/aromatic N) is 2. The smallest absolute Gasteiger partial charge is 0.0522 e. The van der Waals surface area contributed by atoms with Gasteiger partial charge in [-0.3, -0.25) is 4.68 Å². The molecule has 0 saturated carbocycles. The van der Waals surface area contributed by atoms with Gasteiger partial charge in [-0.1, -0.05) is 6.92 Å². The van der Waals surface area contributed by atoms with E-state index in [2.05, 4.69) is 23.5 Å². The Morgan fingerprint density at radius 2 is 2.50 bits per heavy atom. The van der Waals surface area contributed by atoms with Crippen molar-refractivity contribution < 1.29 is 4.74 Å². The van der Waals surface area contributed by atoms with Gasteiger partial charge in [0.2, 0.25) is 0 Å². The fraction of sp³-hybridized carbons (Fsp3) is 0.786. The first kappa shape index (κ1) is 13.6. The van der Waals surface area contributed by atoms with Crippen molar-refractivity contribution >= 4 is 0 Å². The molecule has 1 aromatic rings. The molecule has 1 aromatic heterocycles.